The van der Waals surface area contributed by atoms with E-state index in [1.165, 1.54) is 25.9 Å². The van der Waals surface area contributed by atoms with E-state index in [0.29, 0.717) is 11.7 Å². The van der Waals surface area contributed by atoms with Gasteiger partial charge in [-0.05, 0) is 74.8 Å². The van der Waals surface area contributed by atoms with Gasteiger partial charge in [-0.2, -0.15) is 0 Å². The number of piperidine rings is 1. The molecule has 4 heterocycles. The van der Waals surface area contributed by atoms with E-state index in [1.54, 1.807) is 16.0 Å². The first-order valence-electron chi connectivity index (χ1n) is 10.7. The second-order valence-corrected chi connectivity index (χ2v) is 9.37. The summed E-state index contributed by atoms with van der Waals surface area (Å²) in [6.45, 7) is 3.98. The van der Waals surface area contributed by atoms with Gasteiger partial charge in [0.15, 0.2) is 5.82 Å². The van der Waals surface area contributed by atoms with Crippen LogP contribution in [0.3, 0.4) is 0 Å². The van der Waals surface area contributed by atoms with Crippen molar-refractivity contribution in [2.45, 2.75) is 19.3 Å². The van der Waals surface area contributed by atoms with Gasteiger partial charge in [0.1, 0.15) is 0 Å². The van der Waals surface area contributed by atoms with Crippen molar-refractivity contribution in [3.05, 3.63) is 53.7 Å². The Hall–Kier alpha value is -2.51. The second kappa shape index (κ2) is 8.32. The van der Waals surface area contributed by atoms with Gasteiger partial charge in [-0.1, -0.05) is 24.3 Å². The Morgan fingerprint density at radius 3 is 2.50 bits per heavy atom. The molecule has 1 aromatic carbocycles. The molecule has 0 spiro atoms. The minimum atomic E-state index is -0.0436. The zero-order chi connectivity index (χ0) is 20.5. The molecule has 2 aliphatic rings. The number of likely N-dealkylation sites (tertiary alicyclic amines) is 2. The Labute approximate surface area is 181 Å². The first kappa shape index (κ1) is 19.5. The van der Waals surface area contributed by atoms with Gasteiger partial charge in [-0.15, -0.1) is 16.4 Å². The van der Waals surface area contributed by atoms with Gasteiger partial charge in [0.2, 0.25) is 5.82 Å². The molecule has 7 heteroatoms. The molecule has 156 valence electrons. The fourth-order valence-corrected chi connectivity index (χ4v) is 5.41. The molecule has 6 nitrogen and oxygen atoms in total. The lowest BCUT2D eigenvalue weighted by atomic mass is 9.84. The van der Waals surface area contributed by atoms with E-state index in [2.05, 4.69) is 22.0 Å². The SMILES string of the molecule is CN1CCC(C2CCN(C(=O)c3nc(-c4cccs4)n(-c4ccccc4)n3)C2)CC1. The van der Waals surface area contributed by atoms with Gasteiger partial charge in [-0.3, -0.25) is 4.79 Å². The lowest BCUT2D eigenvalue weighted by Gasteiger charge is -2.32. The predicted molar refractivity (Wildman–Crippen MR) is 119 cm³/mol. The number of rotatable bonds is 4. The predicted octanol–water partition coefficient (Wildman–Crippen LogP) is 3.80. The maximum atomic E-state index is 13.3. The highest BCUT2D eigenvalue weighted by Crippen LogP contribution is 2.32. The van der Waals surface area contributed by atoms with Crippen LogP contribution in [0.1, 0.15) is 29.9 Å². The number of thiophene rings is 1. The maximum absolute atomic E-state index is 13.3. The third kappa shape index (κ3) is 3.79. The minimum absolute atomic E-state index is 0.0436. The van der Waals surface area contributed by atoms with Crippen LogP contribution >= 0.6 is 11.3 Å². The topological polar surface area (TPSA) is 54.3 Å². The summed E-state index contributed by atoms with van der Waals surface area (Å²) in [5.41, 5.74) is 0.915. The van der Waals surface area contributed by atoms with Crippen molar-refractivity contribution in [1.29, 1.82) is 0 Å². The smallest absolute Gasteiger partial charge is 0.293 e. The van der Waals surface area contributed by atoms with Crippen molar-refractivity contribution in [2.24, 2.45) is 11.8 Å². The fourth-order valence-electron chi connectivity index (χ4n) is 4.72. The second-order valence-electron chi connectivity index (χ2n) is 8.42. The number of carbonyl (C=O) groups is 1. The number of hydrogen-bond donors (Lipinski definition) is 0. The molecule has 0 aliphatic carbocycles. The molecule has 2 saturated heterocycles. The molecule has 0 bridgehead atoms. The summed E-state index contributed by atoms with van der Waals surface area (Å²) in [7, 11) is 2.20. The monoisotopic (exact) mass is 421 g/mol. The standard InChI is InChI=1S/C23H27N5OS/c1-26-12-9-17(10-13-26)18-11-14-27(16-18)23(29)21-24-22(20-8-5-15-30-20)28(25-21)19-6-3-2-4-7-19/h2-8,15,17-18H,9-14,16H2,1H3. The summed E-state index contributed by atoms with van der Waals surface area (Å²) < 4.78 is 1.80. The number of carbonyl (C=O) groups excluding carboxylic acids is 1. The third-order valence-corrected chi connectivity index (χ3v) is 7.35. The number of amides is 1. The van der Waals surface area contributed by atoms with E-state index < -0.39 is 0 Å². The molecule has 2 fully saturated rings. The molecule has 0 radical (unpaired) electrons. The van der Waals surface area contributed by atoms with Crippen LogP contribution in [0.15, 0.2) is 47.8 Å². The van der Waals surface area contributed by atoms with E-state index in [4.69, 9.17) is 0 Å². The first-order valence-corrected chi connectivity index (χ1v) is 11.6. The molecule has 2 aromatic heterocycles. The average Bonchev–Trinajstić information content (AvgIpc) is 3.54. The highest BCUT2D eigenvalue weighted by molar-refractivity contribution is 7.13. The Morgan fingerprint density at radius 2 is 1.77 bits per heavy atom. The van der Waals surface area contributed by atoms with Crippen LogP contribution in [0.25, 0.3) is 16.4 Å². The van der Waals surface area contributed by atoms with Crippen LogP contribution in [0, 0.1) is 11.8 Å². The van der Waals surface area contributed by atoms with Crippen LogP contribution in [0.2, 0.25) is 0 Å². The maximum Gasteiger partial charge on any atom is 0.293 e. The molecular weight excluding hydrogens is 394 g/mol. The first-order chi connectivity index (χ1) is 14.7. The molecule has 1 amide bonds. The lowest BCUT2D eigenvalue weighted by Crippen LogP contribution is -2.35. The van der Waals surface area contributed by atoms with Crippen LogP contribution in [-0.4, -0.2) is 63.7 Å². The number of aromatic nitrogens is 3. The van der Waals surface area contributed by atoms with Gasteiger partial charge < -0.3 is 9.80 Å². The molecule has 3 aromatic rings. The normalized spacial score (nSPS) is 20.7. The van der Waals surface area contributed by atoms with E-state index in [9.17, 15) is 4.79 Å². The van der Waals surface area contributed by atoms with Crippen LogP contribution in [0.4, 0.5) is 0 Å². The van der Waals surface area contributed by atoms with Gasteiger partial charge in [-0.25, -0.2) is 9.67 Å². The van der Waals surface area contributed by atoms with Crippen molar-refractivity contribution in [3.8, 4) is 16.4 Å². The summed E-state index contributed by atoms with van der Waals surface area (Å²) in [6.07, 6.45) is 3.58. The number of nitrogens with zero attached hydrogens (tertiary/aromatic N) is 5. The van der Waals surface area contributed by atoms with Gasteiger partial charge in [0.25, 0.3) is 5.91 Å². The summed E-state index contributed by atoms with van der Waals surface area (Å²) in [6, 6.07) is 13.9. The zero-order valence-electron chi connectivity index (χ0n) is 17.3. The van der Waals surface area contributed by atoms with Crippen molar-refractivity contribution in [2.75, 3.05) is 33.2 Å². The van der Waals surface area contributed by atoms with Gasteiger partial charge in [0.05, 0.1) is 10.6 Å². The van der Waals surface area contributed by atoms with Gasteiger partial charge in [0, 0.05) is 13.1 Å². The summed E-state index contributed by atoms with van der Waals surface area (Å²) in [4.78, 5) is 23.3. The van der Waals surface area contributed by atoms with Crippen molar-refractivity contribution >= 4 is 17.2 Å². The van der Waals surface area contributed by atoms with Crippen molar-refractivity contribution < 1.29 is 4.79 Å². The molecule has 0 N–H and O–H groups in total. The van der Waals surface area contributed by atoms with Crippen LogP contribution in [-0.2, 0) is 0 Å². The Balaban J connectivity index is 1.37. The molecule has 1 atom stereocenters. The molecule has 0 saturated carbocycles. The summed E-state index contributed by atoms with van der Waals surface area (Å²) >= 11 is 1.61. The Bertz CT molecular complexity index is 992. The molecular formula is C23H27N5OS. The zero-order valence-corrected chi connectivity index (χ0v) is 18.1. The van der Waals surface area contributed by atoms with E-state index in [-0.39, 0.29) is 5.91 Å². The quantitative estimate of drug-likeness (QED) is 0.643. The fraction of sp³-hybridized carbons (Fsp3) is 0.435. The molecule has 1 unspecified atom stereocenters. The summed E-state index contributed by atoms with van der Waals surface area (Å²) in [5, 5.41) is 6.66. The van der Waals surface area contributed by atoms with Crippen LogP contribution < -0.4 is 0 Å². The number of para-hydroxylation sites is 1. The Morgan fingerprint density at radius 1 is 1.00 bits per heavy atom. The Kier molecular flexibility index (Phi) is 5.39. The molecule has 30 heavy (non-hydrogen) atoms. The van der Waals surface area contributed by atoms with E-state index in [0.717, 1.165) is 41.8 Å². The summed E-state index contributed by atoms with van der Waals surface area (Å²) in [5.74, 6) is 2.32. The van der Waals surface area contributed by atoms with Gasteiger partial charge >= 0.3 is 0 Å². The third-order valence-electron chi connectivity index (χ3n) is 6.48. The number of hydrogen-bond acceptors (Lipinski definition) is 5. The molecule has 5 rings (SSSR count). The largest absolute Gasteiger partial charge is 0.336 e. The van der Waals surface area contributed by atoms with E-state index in [1.807, 2.05) is 52.7 Å². The molecule has 2 aliphatic heterocycles. The number of benzene rings is 1. The van der Waals surface area contributed by atoms with Crippen LogP contribution in [0.5, 0.6) is 0 Å². The highest BCUT2D eigenvalue weighted by Gasteiger charge is 2.35. The van der Waals surface area contributed by atoms with Crippen molar-refractivity contribution in [1.82, 2.24) is 24.6 Å². The van der Waals surface area contributed by atoms with Crippen molar-refractivity contribution in [3.63, 3.8) is 0 Å². The lowest BCUT2D eigenvalue weighted by molar-refractivity contribution is 0.0764. The highest BCUT2D eigenvalue weighted by atomic mass is 32.1. The van der Waals surface area contributed by atoms with E-state index >= 15 is 0 Å². The minimum Gasteiger partial charge on any atom is -0.336 e. The average molecular weight is 422 g/mol.